The summed E-state index contributed by atoms with van der Waals surface area (Å²) in [6, 6.07) is 4.93. The summed E-state index contributed by atoms with van der Waals surface area (Å²) < 4.78 is 5.22. The number of carbonyl (C=O) groups is 2. The Morgan fingerprint density at radius 3 is 2.85 bits per heavy atom. The quantitative estimate of drug-likeness (QED) is 0.895. The van der Waals surface area contributed by atoms with Crippen LogP contribution in [-0.2, 0) is 14.3 Å². The predicted molar refractivity (Wildman–Crippen MR) is 77.1 cm³/mol. The van der Waals surface area contributed by atoms with Crippen LogP contribution in [0, 0.1) is 0 Å². The molecule has 1 aliphatic heterocycles. The van der Waals surface area contributed by atoms with E-state index in [1.165, 1.54) is 0 Å². The highest BCUT2D eigenvalue weighted by atomic mass is 35.5. The number of ether oxygens (including phenoxy) is 1. The average molecular weight is 317 g/mol. The Hall–Kier alpha value is -1.30. The standard InChI is InChI=1S/C13H14Cl2N2O3/c14-8-3-1-4-9(12(8)15)17-11(18)7-16-13(19)10-5-2-6-20-10/h1,3-4,10H,2,5-7H2,(H,16,19)(H,17,18). The summed E-state index contributed by atoms with van der Waals surface area (Å²) in [5.74, 6) is -0.643. The number of anilines is 1. The zero-order chi connectivity index (χ0) is 14.5. The van der Waals surface area contributed by atoms with E-state index in [2.05, 4.69) is 10.6 Å². The Bertz CT molecular complexity index is 516. The normalized spacial score (nSPS) is 17.8. The number of benzene rings is 1. The van der Waals surface area contributed by atoms with Crippen LogP contribution < -0.4 is 10.6 Å². The molecular formula is C13H14Cl2N2O3. The maximum atomic E-state index is 11.7. The van der Waals surface area contributed by atoms with Crippen molar-refractivity contribution in [1.82, 2.24) is 5.32 Å². The van der Waals surface area contributed by atoms with Gasteiger partial charge in [-0.2, -0.15) is 0 Å². The molecule has 1 aromatic rings. The molecule has 0 bridgehead atoms. The highest BCUT2D eigenvalue weighted by molar-refractivity contribution is 6.44. The van der Waals surface area contributed by atoms with E-state index in [1.807, 2.05) is 0 Å². The van der Waals surface area contributed by atoms with Gasteiger partial charge >= 0.3 is 0 Å². The summed E-state index contributed by atoms with van der Waals surface area (Å²) >= 11 is 11.8. The van der Waals surface area contributed by atoms with Gasteiger partial charge in [-0.3, -0.25) is 9.59 Å². The number of rotatable bonds is 4. The van der Waals surface area contributed by atoms with Crippen molar-refractivity contribution in [3.8, 4) is 0 Å². The van der Waals surface area contributed by atoms with Crippen LogP contribution in [0.4, 0.5) is 5.69 Å². The highest BCUT2D eigenvalue weighted by Gasteiger charge is 2.23. The lowest BCUT2D eigenvalue weighted by atomic mass is 10.2. The number of hydrogen-bond donors (Lipinski definition) is 2. The molecule has 1 saturated heterocycles. The lowest BCUT2D eigenvalue weighted by Gasteiger charge is -2.11. The first-order valence-corrected chi connectivity index (χ1v) is 6.96. The molecule has 2 amide bonds. The zero-order valence-electron chi connectivity index (χ0n) is 10.6. The predicted octanol–water partition coefficient (Wildman–Crippen LogP) is 2.23. The minimum atomic E-state index is -0.447. The van der Waals surface area contributed by atoms with E-state index in [0.717, 1.165) is 6.42 Å². The van der Waals surface area contributed by atoms with E-state index in [9.17, 15) is 9.59 Å². The topological polar surface area (TPSA) is 67.4 Å². The van der Waals surface area contributed by atoms with Gasteiger partial charge in [0, 0.05) is 6.61 Å². The van der Waals surface area contributed by atoms with E-state index in [1.54, 1.807) is 18.2 Å². The van der Waals surface area contributed by atoms with Gasteiger partial charge in [-0.1, -0.05) is 29.3 Å². The molecule has 1 atom stereocenters. The maximum Gasteiger partial charge on any atom is 0.249 e. The monoisotopic (exact) mass is 316 g/mol. The van der Waals surface area contributed by atoms with Gasteiger partial charge in [0.2, 0.25) is 11.8 Å². The Kier molecular flexibility index (Phi) is 5.23. The Labute approximate surface area is 126 Å². The summed E-state index contributed by atoms with van der Waals surface area (Å²) in [7, 11) is 0. The third-order valence-electron chi connectivity index (χ3n) is 2.87. The molecule has 0 radical (unpaired) electrons. The fourth-order valence-electron chi connectivity index (χ4n) is 1.86. The van der Waals surface area contributed by atoms with E-state index in [4.69, 9.17) is 27.9 Å². The van der Waals surface area contributed by atoms with Crippen LogP contribution in [0.5, 0.6) is 0 Å². The first-order valence-electron chi connectivity index (χ1n) is 6.21. The molecule has 1 aliphatic rings. The van der Waals surface area contributed by atoms with Gasteiger partial charge in [0.1, 0.15) is 6.10 Å². The smallest absolute Gasteiger partial charge is 0.249 e. The molecule has 0 spiro atoms. The van der Waals surface area contributed by atoms with Crippen LogP contribution in [0.1, 0.15) is 12.8 Å². The van der Waals surface area contributed by atoms with Crippen LogP contribution >= 0.6 is 23.2 Å². The fraction of sp³-hybridized carbons (Fsp3) is 0.385. The first kappa shape index (κ1) is 15.1. The second kappa shape index (κ2) is 6.92. The van der Waals surface area contributed by atoms with Gasteiger partial charge in [-0.15, -0.1) is 0 Å². The summed E-state index contributed by atoms with van der Waals surface area (Å²) in [5, 5.41) is 5.74. The molecule has 20 heavy (non-hydrogen) atoms. The van der Waals surface area contributed by atoms with Gasteiger partial charge in [-0.05, 0) is 25.0 Å². The van der Waals surface area contributed by atoms with E-state index in [-0.39, 0.29) is 23.4 Å². The van der Waals surface area contributed by atoms with Crippen molar-refractivity contribution in [2.45, 2.75) is 18.9 Å². The second-order valence-corrected chi connectivity index (χ2v) is 5.15. The van der Waals surface area contributed by atoms with E-state index >= 15 is 0 Å². The number of amides is 2. The molecular weight excluding hydrogens is 303 g/mol. The van der Waals surface area contributed by atoms with Crippen LogP contribution in [-0.4, -0.2) is 31.1 Å². The SMILES string of the molecule is O=C(CNC(=O)C1CCCO1)Nc1cccc(Cl)c1Cl. The number of hydrogen-bond acceptors (Lipinski definition) is 3. The highest BCUT2D eigenvalue weighted by Crippen LogP contribution is 2.29. The average Bonchev–Trinajstić information content (AvgIpc) is 2.95. The lowest BCUT2D eigenvalue weighted by Crippen LogP contribution is -2.39. The van der Waals surface area contributed by atoms with Crippen LogP contribution in [0.3, 0.4) is 0 Å². The van der Waals surface area contributed by atoms with Crippen molar-refractivity contribution >= 4 is 40.7 Å². The minimum absolute atomic E-state index is 0.137. The van der Waals surface area contributed by atoms with E-state index < -0.39 is 6.10 Å². The van der Waals surface area contributed by atoms with Crippen molar-refractivity contribution < 1.29 is 14.3 Å². The molecule has 0 aromatic heterocycles. The third-order valence-corrected chi connectivity index (χ3v) is 3.69. The third kappa shape index (κ3) is 3.85. The zero-order valence-corrected chi connectivity index (χ0v) is 12.1. The van der Waals surface area contributed by atoms with Crippen molar-refractivity contribution in [3.05, 3.63) is 28.2 Å². The van der Waals surface area contributed by atoms with Gasteiger partial charge in [0.05, 0.1) is 22.3 Å². The molecule has 1 heterocycles. The van der Waals surface area contributed by atoms with E-state index in [0.29, 0.717) is 23.7 Å². The van der Waals surface area contributed by atoms with Crippen molar-refractivity contribution in [2.24, 2.45) is 0 Å². The summed E-state index contributed by atoms with van der Waals surface area (Å²) in [6.45, 7) is 0.448. The maximum absolute atomic E-state index is 11.7. The molecule has 1 fully saturated rings. The van der Waals surface area contributed by atoms with Gasteiger partial charge < -0.3 is 15.4 Å². The largest absolute Gasteiger partial charge is 0.368 e. The Morgan fingerprint density at radius 2 is 2.15 bits per heavy atom. The minimum Gasteiger partial charge on any atom is -0.368 e. The van der Waals surface area contributed by atoms with Gasteiger partial charge in [-0.25, -0.2) is 0 Å². The molecule has 2 rings (SSSR count). The summed E-state index contributed by atoms with van der Waals surface area (Å²) in [5.41, 5.74) is 0.413. The number of nitrogens with one attached hydrogen (secondary N) is 2. The Balaban J connectivity index is 1.83. The molecule has 7 heteroatoms. The molecule has 2 N–H and O–H groups in total. The molecule has 0 saturated carbocycles. The van der Waals surface area contributed by atoms with Gasteiger partial charge in [0.25, 0.3) is 0 Å². The van der Waals surface area contributed by atoms with Crippen molar-refractivity contribution in [2.75, 3.05) is 18.5 Å². The number of halogens is 2. The van der Waals surface area contributed by atoms with Crippen LogP contribution in [0.2, 0.25) is 10.0 Å². The van der Waals surface area contributed by atoms with Gasteiger partial charge in [0.15, 0.2) is 0 Å². The molecule has 1 aromatic carbocycles. The molecule has 5 nitrogen and oxygen atoms in total. The van der Waals surface area contributed by atoms with Crippen molar-refractivity contribution in [3.63, 3.8) is 0 Å². The Morgan fingerprint density at radius 1 is 1.35 bits per heavy atom. The molecule has 0 aliphatic carbocycles. The van der Waals surface area contributed by atoms with Crippen molar-refractivity contribution in [1.29, 1.82) is 0 Å². The summed E-state index contributed by atoms with van der Waals surface area (Å²) in [6.07, 6.45) is 1.10. The number of carbonyl (C=O) groups excluding carboxylic acids is 2. The molecule has 108 valence electrons. The first-order chi connectivity index (χ1) is 9.58. The molecule has 1 unspecified atom stereocenters. The van der Waals surface area contributed by atoms with Crippen LogP contribution in [0.25, 0.3) is 0 Å². The van der Waals surface area contributed by atoms with Crippen LogP contribution in [0.15, 0.2) is 18.2 Å². The fourth-order valence-corrected chi connectivity index (χ4v) is 2.21. The second-order valence-electron chi connectivity index (χ2n) is 4.37. The summed E-state index contributed by atoms with van der Waals surface area (Å²) in [4.78, 5) is 23.4. The lowest BCUT2D eigenvalue weighted by molar-refractivity contribution is -0.131.